The van der Waals surface area contributed by atoms with E-state index in [1.165, 1.54) is 30.3 Å². The molecule has 0 unspecified atom stereocenters. The molecule has 0 spiro atoms. The maximum Gasteiger partial charge on any atom is 0.338 e. The lowest BCUT2D eigenvalue weighted by atomic mass is 10.2. The Morgan fingerprint density at radius 1 is 1.00 bits per heavy atom. The van der Waals surface area contributed by atoms with E-state index in [0.717, 1.165) is 29.5 Å². The molecule has 0 fully saturated rings. The maximum absolute atomic E-state index is 13.5. The number of rotatable bonds is 9. The molecule has 2 amide bonds. The number of phenolic OH excluding ortho intramolecular Hbond substituents is 1. The topological polar surface area (TPSA) is 95.9 Å². The van der Waals surface area contributed by atoms with Crippen molar-refractivity contribution < 1.29 is 24.2 Å². The number of thioether (sulfide) groups is 1. The first-order chi connectivity index (χ1) is 17.4. The summed E-state index contributed by atoms with van der Waals surface area (Å²) in [5.74, 6) is -1.65. The number of hydrogen-bond donors (Lipinski definition) is 2. The highest BCUT2D eigenvalue weighted by atomic mass is 35.5. The van der Waals surface area contributed by atoms with Gasteiger partial charge in [-0.15, -0.1) is 0 Å². The number of hydrogen-bond acceptors (Lipinski definition) is 7. The van der Waals surface area contributed by atoms with Gasteiger partial charge < -0.3 is 15.2 Å². The molecule has 1 aliphatic heterocycles. The van der Waals surface area contributed by atoms with E-state index in [9.17, 15) is 19.5 Å². The van der Waals surface area contributed by atoms with Crippen molar-refractivity contribution in [3.63, 3.8) is 0 Å². The molecule has 1 heterocycles. The van der Waals surface area contributed by atoms with Gasteiger partial charge in [-0.3, -0.25) is 9.59 Å². The highest BCUT2D eigenvalue weighted by Gasteiger charge is 2.40. The van der Waals surface area contributed by atoms with Crippen LogP contribution in [0.4, 0.5) is 11.4 Å². The molecule has 9 heteroatoms. The van der Waals surface area contributed by atoms with Crippen molar-refractivity contribution in [1.82, 2.24) is 0 Å². The van der Waals surface area contributed by atoms with E-state index in [2.05, 4.69) is 5.32 Å². The molecule has 1 aliphatic rings. The minimum absolute atomic E-state index is 0.0319. The Kier molecular flexibility index (Phi) is 7.97. The normalized spacial score (nSPS) is 13.3. The number of ether oxygens (including phenoxy) is 1. The molecule has 0 saturated heterocycles. The van der Waals surface area contributed by atoms with Gasteiger partial charge in [0.25, 0.3) is 11.8 Å². The zero-order valence-electron chi connectivity index (χ0n) is 19.4. The van der Waals surface area contributed by atoms with Gasteiger partial charge in [0, 0.05) is 9.92 Å². The summed E-state index contributed by atoms with van der Waals surface area (Å²) in [6.07, 6.45) is 1.68. The summed E-state index contributed by atoms with van der Waals surface area (Å²) in [6, 6.07) is 19.4. The number of imide groups is 1. The second-order valence-electron chi connectivity index (χ2n) is 7.88. The van der Waals surface area contributed by atoms with Crippen LogP contribution in [0.3, 0.4) is 0 Å². The molecule has 0 atom stereocenters. The summed E-state index contributed by atoms with van der Waals surface area (Å²) in [7, 11) is 0. The lowest BCUT2D eigenvalue weighted by molar-refractivity contribution is -0.120. The number of phenols is 1. The van der Waals surface area contributed by atoms with Crippen LogP contribution in [-0.4, -0.2) is 29.5 Å². The molecule has 36 heavy (non-hydrogen) atoms. The zero-order chi connectivity index (χ0) is 25.7. The first kappa shape index (κ1) is 25.3. The number of amides is 2. The van der Waals surface area contributed by atoms with Crippen LogP contribution >= 0.6 is 23.4 Å². The van der Waals surface area contributed by atoms with Gasteiger partial charge in [0.15, 0.2) is 0 Å². The van der Waals surface area contributed by atoms with Crippen molar-refractivity contribution in [2.75, 3.05) is 16.8 Å². The van der Waals surface area contributed by atoms with Crippen LogP contribution in [0.25, 0.3) is 0 Å². The van der Waals surface area contributed by atoms with Crippen molar-refractivity contribution in [3.05, 3.63) is 94.0 Å². The molecule has 0 radical (unpaired) electrons. The second-order valence-corrected chi connectivity index (χ2v) is 9.40. The third-order valence-corrected chi connectivity index (χ3v) is 6.67. The summed E-state index contributed by atoms with van der Waals surface area (Å²) in [5, 5.41) is 13.7. The summed E-state index contributed by atoms with van der Waals surface area (Å²) >= 11 is 7.10. The molecule has 0 aromatic heterocycles. The minimum Gasteiger partial charge on any atom is -0.506 e. The Balaban J connectivity index is 1.63. The van der Waals surface area contributed by atoms with Crippen LogP contribution < -0.4 is 10.2 Å². The van der Waals surface area contributed by atoms with Crippen molar-refractivity contribution in [2.45, 2.75) is 24.7 Å². The molecule has 0 saturated carbocycles. The first-order valence-electron chi connectivity index (χ1n) is 11.3. The maximum atomic E-state index is 13.5. The van der Waals surface area contributed by atoms with Gasteiger partial charge >= 0.3 is 5.97 Å². The van der Waals surface area contributed by atoms with Gasteiger partial charge in [-0.2, -0.15) is 0 Å². The number of anilines is 2. The molecule has 184 valence electrons. The molecule has 0 bridgehead atoms. The number of nitrogens with zero attached hydrogens (tertiary/aromatic N) is 1. The predicted molar refractivity (Wildman–Crippen MR) is 140 cm³/mol. The van der Waals surface area contributed by atoms with Crippen LogP contribution in [0.1, 0.15) is 30.1 Å². The fourth-order valence-corrected chi connectivity index (χ4v) is 4.48. The average Bonchev–Trinajstić information content (AvgIpc) is 3.10. The van der Waals surface area contributed by atoms with Gasteiger partial charge in [-0.05, 0) is 67.1 Å². The average molecular weight is 523 g/mol. The number of carbonyl (C=O) groups is 3. The molecule has 3 aromatic carbocycles. The van der Waals surface area contributed by atoms with Crippen molar-refractivity contribution in [1.29, 1.82) is 0 Å². The van der Waals surface area contributed by atoms with Crippen LogP contribution in [-0.2, 0) is 14.3 Å². The molecular formula is C27H23ClN2O5S. The Hall–Kier alpha value is -3.75. The third kappa shape index (κ3) is 5.56. The van der Waals surface area contributed by atoms with Crippen molar-refractivity contribution in [3.8, 4) is 5.75 Å². The molecule has 3 aromatic rings. The van der Waals surface area contributed by atoms with E-state index in [1.54, 1.807) is 42.5 Å². The molecule has 7 nitrogen and oxygen atoms in total. The predicted octanol–water partition coefficient (Wildman–Crippen LogP) is 5.99. The summed E-state index contributed by atoms with van der Waals surface area (Å²) < 4.78 is 5.22. The van der Waals surface area contributed by atoms with Crippen LogP contribution in [0.15, 0.2) is 88.3 Å². The lowest BCUT2D eigenvalue weighted by Gasteiger charge is -2.16. The standard InChI is InChI=1S/C27H23ClN2O5S/c1-2-3-16-35-27(34)17-8-12-19(13-9-17)30-25(32)23(29-21-6-4-5-7-22(21)31)24(26(30)33)36-20-14-10-18(28)11-15-20/h4-15,29,31H,2-3,16H2,1H3. The molecule has 4 rings (SSSR count). The summed E-state index contributed by atoms with van der Waals surface area (Å²) in [4.78, 5) is 41.1. The number of esters is 1. The number of carbonyl (C=O) groups excluding carboxylic acids is 3. The number of nitrogens with one attached hydrogen (secondary N) is 1. The number of halogens is 1. The second kappa shape index (κ2) is 11.3. The lowest BCUT2D eigenvalue weighted by Crippen LogP contribution is -2.32. The molecular weight excluding hydrogens is 500 g/mol. The first-order valence-corrected chi connectivity index (χ1v) is 12.5. The van der Waals surface area contributed by atoms with Gasteiger partial charge in [0.2, 0.25) is 0 Å². The number of aromatic hydroxyl groups is 1. The van der Waals surface area contributed by atoms with E-state index in [0.29, 0.717) is 27.8 Å². The van der Waals surface area contributed by atoms with Gasteiger partial charge in [-0.1, -0.05) is 48.8 Å². The smallest absolute Gasteiger partial charge is 0.338 e. The van der Waals surface area contributed by atoms with E-state index in [4.69, 9.17) is 16.3 Å². The van der Waals surface area contributed by atoms with E-state index in [-0.39, 0.29) is 22.0 Å². The van der Waals surface area contributed by atoms with E-state index in [1.807, 2.05) is 6.92 Å². The fourth-order valence-electron chi connectivity index (χ4n) is 3.42. The molecule has 0 aliphatic carbocycles. The van der Waals surface area contributed by atoms with Crippen molar-refractivity contribution in [2.24, 2.45) is 0 Å². The third-order valence-electron chi connectivity index (χ3n) is 5.33. The minimum atomic E-state index is -0.585. The highest BCUT2D eigenvalue weighted by Crippen LogP contribution is 2.39. The Morgan fingerprint density at radius 3 is 2.36 bits per heavy atom. The van der Waals surface area contributed by atoms with E-state index >= 15 is 0 Å². The van der Waals surface area contributed by atoms with Crippen LogP contribution in [0, 0.1) is 0 Å². The van der Waals surface area contributed by atoms with Crippen LogP contribution in [0.2, 0.25) is 5.02 Å². The Labute approximate surface area is 217 Å². The fraction of sp³-hybridized carbons (Fsp3) is 0.148. The van der Waals surface area contributed by atoms with Crippen LogP contribution in [0.5, 0.6) is 5.75 Å². The SMILES string of the molecule is CCCCOC(=O)c1ccc(N2C(=O)C(Nc3ccccc3O)=C(Sc3ccc(Cl)cc3)C2=O)cc1. The quantitative estimate of drug-likeness (QED) is 0.154. The largest absolute Gasteiger partial charge is 0.506 e. The highest BCUT2D eigenvalue weighted by molar-refractivity contribution is 8.04. The van der Waals surface area contributed by atoms with Gasteiger partial charge in [0.1, 0.15) is 16.4 Å². The summed E-state index contributed by atoms with van der Waals surface area (Å²) in [5.41, 5.74) is 0.947. The monoisotopic (exact) mass is 522 g/mol. The van der Waals surface area contributed by atoms with Gasteiger partial charge in [-0.25, -0.2) is 9.69 Å². The molecule has 2 N–H and O–H groups in total. The zero-order valence-corrected chi connectivity index (χ0v) is 20.9. The number of unbranched alkanes of at least 4 members (excludes halogenated alkanes) is 1. The number of para-hydroxylation sites is 2. The number of benzene rings is 3. The van der Waals surface area contributed by atoms with E-state index < -0.39 is 17.8 Å². The Bertz CT molecular complexity index is 1320. The Morgan fingerprint density at radius 2 is 1.69 bits per heavy atom. The summed E-state index contributed by atoms with van der Waals surface area (Å²) in [6.45, 7) is 2.33. The van der Waals surface area contributed by atoms with Gasteiger partial charge in [0.05, 0.1) is 23.5 Å². The van der Waals surface area contributed by atoms with Crippen molar-refractivity contribution >= 4 is 52.5 Å².